The summed E-state index contributed by atoms with van der Waals surface area (Å²) in [5, 5.41) is 9.32. The summed E-state index contributed by atoms with van der Waals surface area (Å²) in [5.74, 6) is 0.0818. The molecule has 4 aromatic rings. The fourth-order valence-electron chi connectivity index (χ4n) is 3.23. The minimum absolute atomic E-state index is 0.157. The maximum absolute atomic E-state index is 12.5. The number of carbonyl (C=O) groups excluding carboxylic acids is 2. The van der Waals surface area contributed by atoms with Crippen LogP contribution < -0.4 is 15.4 Å². The lowest BCUT2D eigenvalue weighted by Crippen LogP contribution is -2.25. The van der Waals surface area contributed by atoms with Gasteiger partial charge in [0.2, 0.25) is 0 Å². The topological polar surface area (TPSA) is 80.3 Å². The molecule has 6 nitrogen and oxygen atoms in total. The van der Waals surface area contributed by atoms with E-state index in [0.29, 0.717) is 17.0 Å². The summed E-state index contributed by atoms with van der Waals surface area (Å²) < 4.78 is 7.95. The fourth-order valence-corrected chi connectivity index (χ4v) is 5.07. The van der Waals surface area contributed by atoms with Gasteiger partial charge in [-0.25, -0.2) is 4.98 Å². The van der Waals surface area contributed by atoms with Crippen molar-refractivity contribution in [3.8, 4) is 5.75 Å². The highest BCUT2D eigenvalue weighted by molar-refractivity contribution is 7.21. The lowest BCUT2D eigenvalue weighted by atomic mass is 10.1. The molecular formula is C21H19N3O3S2. The number of ether oxygens (including phenoxy) is 1. The summed E-state index contributed by atoms with van der Waals surface area (Å²) in [6, 6.07) is 9.25. The monoisotopic (exact) mass is 425 g/mol. The Morgan fingerprint density at radius 3 is 2.83 bits per heavy atom. The molecule has 2 aromatic carbocycles. The molecule has 0 saturated carbocycles. The number of amides is 2. The number of nitrogens with zero attached hydrogens (tertiary/aromatic N) is 1. The molecule has 0 radical (unpaired) electrons. The molecule has 0 spiro atoms. The average Bonchev–Trinajstić information content (AvgIpc) is 3.31. The largest absolute Gasteiger partial charge is 0.483 e. The van der Waals surface area contributed by atoms with E-state index in [0.717, 1.165) is 30.9 Å². The van der Waals surface area contributed by atoms with E-state index in [1.165, 1.54) is 0 Å². The van der Waals surface area contributed by atoms with Crippen LogP contribution in [0.1, 0.15) is 20.9 Å². The minimum Gasteiger partial charge on any atom is -0.483 e. The Bertz CT molecular complexity index is 1240. The number of thiophene rings is 1. The number of carbonyl (C=O) groups is 2. The average molecular weight is 426 g/mol. The maximum atomic E-state index is 12.5. The summed E-state index contributed by atoms with van der Waals surface area (Å²) in [5.41, 5.74) is 2.68. The van der Waals surface area contributed by atoms with Crippen molar-refractivity contribution in [2.24, 2.45) is 0 Å². The van der Waals surface area contributed by atoms with Gasteiger partial charge in [0, 0.05) is 18.5 Å². The highest BCUT2D eigenvalue weighted by Gasteiger charge is 2.17. The Morgan fingerprint density at radius 1 is 1.21 bits per heavy atom. The molecular weight excluding hydrogens is 406 g/mol. The number of aromatic nitrogens is 1. The van der Waals surface area contributed by atoms with Crippen molar-refractivity contribution >= 4 is 60.5 Å². The summed E-state index contributed by atoms with van der Waals surface area (Å²) in [6.45, 7) is 3.65. The van der Waals surface area contributed by atoms with E-state index in [9.17, 15) is 9.59 Å². The van der Waals surface area contributed by atoms with E-state index < -0.39 is 0 Å². The molecule has 0 unspecified atom stereocenters. The molecule has 29 heavy (non-hydrogen) atoms. The van der Waals surface area contributed by atoms with Gasteiger partial charge in [-0.1, -0.05) is 12.1 Å². The molecule has 2 heterocycles. The zero-order chi connectivity index (χ0) is 20.5. The number of hydrogen-bond donors (Lipinski definition) is 2. The SMILES string of the molecule is CNC(=O)c1c(C)cccc1NC(=O)COc1cc2sc(C)nc2c2sccc12. The summed E-state index contributed by atoms with van der Waals surface area (Å²) in [6.07, 6.45) is 0. The summed E-state index contributed by atoms with van der Waals surface area (Å²) in [7, 11) is 1.56. The second kappa shape index (κ2) is 7.81. The van der Waals surface area contributed by atoms with E-state index in [4.69, 9.17) is 4.74 Å². The summed E-state index contributed by atoms with van der Waals surface area (Å²) in [4.78, 5) is 29.3. The van der Waals surface area contributed by atoms with Crippen molar-refractivity contribution in [2.75, 3.05) is 19.0 Å². The van der Waals surface area contributed by atoms with E-state index in [1.807, 2.05) is 37.4 Å². The lowest BCUT2D eigenvalue weighted by Gasteiger charge is -2.13. The number of hydrogen-bond acceptors (Lipinski definition) is 6. The second-order valence-electron chi connectivity index (χ2n) is 6.53. The molecule has 0 atom stereocenters. The maximum Gasteiger partial charge on any atom is 0.262 e. The Kier molecular flexibility index (Phi) is 5.21. The van der Waals surface area contributed by atoms with E-state index in [-0.39, 0.29) is 18.4 Å². The normalized spacial score (nSPS) is 11.0. The van der Waals surface area contributed by atoms with E-state index >= 15 is 0 Å². The molecule has 8 heteroatoms. The van der Waals surface area contributed by atoms with Crippen LogP contribution in [0, 0.1) is 13.8 Å². The third-order valence-corrected chi connectivity index (χ3v) is 6.37. The molecule has 0 aliphatic carbocycles. The Morgan fingerprint density at radius 2 is 2.03 bits per heavy atom. The van der Waals surface area contributed by atoms with Gasteiger partial charge in [0.15, 0.2) is 6.61 Å². The van der Waals surface area contributed by atoms with Crippen LogP contribution in [-0.4, -0.2) is 30.5 Å². The van der Waals surface area contributed by atoms with Crippen LogP contribution in [0.4, 0.5) is 5.69 Å². The van der Waals surface area contributed by atoms with Crippen molar-refractivity contribution in [2.45, 2.75) is 13.8 Å². The van der Waals surface area contributed by atoms with Gasteiger partial charge >= 0.3 is 0 Å². The quantitative estimate of drug-likeness (QED) is 0.493. The predicted molar refractivity (Wildman–Crippen MR) is 118 cm³/mol. The lowest BCUT2D eigenvalue weighted by molar-refractivity contribution is -0.118. The molecule has 2 amide bonds. The van der Waals surface area contributed by atoms with Gasteiger partial charge in [-0.15, -0.1) is 22.7 Å². The van der Waals surface area contributed by atoms with Gasteiger partial charge in [-0.2, -0.15) is 0 Å². The molecule has 4 rings (SSSR count). The van der Waals surface area contributed by atoms with Gasteiger partial charge in [0.25, 0.3) is 11.8 Å². The first kappa shape index (κ1) is 19.4. The standard InChI is InChI=1S/C21H19N3O3S2/c1-11-5-4-6-14(18(11)21(26)22-3)24-17(25)10-27-15-9-16-19(23-12(2)29-16)20-13(15)7-8-28-20/h4-9H,10H2,1-3H3,(H,22,26)(H,24,25). The highest BCUT2D eigenvalue weighted by Crippen LogP contribution is 2.38. The molecule has 0 aliphatic rings. The second-order valence-corrected chi connectivity index (χ2v) is 8.68. The smallest absolute Gasteiger partial charge is 0.262 e. The number of rotatable bonds is 5. The number of thiazole rings is 1. The van der Waals surface area contributed by atoms with Gasteiger partial charge in [-0.05, 0) is 36.9 Å². The molecule has 0 fully saturated rings. The van der Waals surface area contributed by atoms with Crippen LogP contribution in [-0.2, 0) is 4.79 Å². The van der Waals surface area contributed by atoms with Gasteiger partial charge in [0.1, 0.15) is 5.75 Å². The Hall–Kier alpha value is -2.97. The van der Waals surface area contributed by atoms with Crippen LogP contribution in [0.2, 0.25) is 0 Å². The summed E-state index contributed by atoms with van der Waals surface area (Å²) >= 11 is 3.21. The first-order valence-electron chi connectivity index (χ1n) is 8.99. The Labute approximate surface area is 175 Å². The van der Waals surface area contributed by atoms with Gasteiger partial charge in [-0.3, -0.25) is 9.59 Å². The third kappa shape index (κ3) is 3.68. The van der Waals surface area contributed by atoms with Crippen molar-refractivity contribution < 1.29 is 14.3 Å². The van der Waals surface area contributed by atoms with Crippen LogP contribution >= 0.6 is 22.7 Å². The Balaban J connectivity index is 1.56. The molecule has 2 N–H and O–H groups in total. The van der Waals surface area contributed by atoms with E-state index in [2.05, 4.69) is 15.6 Å². The van der Waals surface area contributed by atoms with Crippen LogP contribution in [0.5, 0.6) is 5.75 Å². The van der Waals surface area contributed by atoms with Crippen molar-refractivity contribution in [3.63, 3.8) is 0 Å². The predicted octanol–water partition coefficient (Wildman–Crippen LogP) is 4.50. The molecule has 0 bridgehead atoms. The minimum atomic E-state index is -0.329. The molecule has 2 aromatic heterocycles. The third-order valence-electron chi connectivity index (χ3n) is 4.53. The number of nitrogens with one attached hydrogen (secondary N) is 2. The van der Waals surface area contributed by atoms with Crippen LogP contribution in [0.25, 0.3) is 20.3 Å². The zero-order valence-electron chi connectivity index (χ0n) is 16.2. The first-order chi connectivity index (χ1) is 14.0. The van der Waals surface area contributed by atoms with Crippen LogP contribution in [0.15, 0.2) is 35.7 Å². The first-order valence-corrected chi connectivity index (χ1v) is 10.7. The fraction of sp³-hybridized carbons (Fsp3) is 0.190. The van der Waals surface area contributed by atoms with Crippen LogP contribution in [0.3, 0.4) is 0 Å². The number of fused-ring (bicyclic) bond motifs is 3. The van der Waals surface area contributed by atoms with Crippen molar-refractivity contribution in [1.29, 1.82) is 0 Å². The zero-order valence-corrected chi connectivity index (χ0v) is 17.8. The molecule has 0 saturated heterocycles. The van der Waals surface area contributed by atoms with Gasteiger partial charge in [0.05, 0.1) is 31.2 Å². The van der Waals surface area contributed by atoms with Gasteiger partial charge < -0.3 is 15.4 Å². The molecule has 0 aliphatic heterocycles. The number of anilines is 1. The highest BCUT2D eigenvalue weighted by atomic mass is 32.1. The van der Waals surface area contributed by atoms with Crippen molar-refractivity contribution in [3.05, 3.63) is 51.8 Å². The number of benzene rings is 2. The molecule has 148 valence electrons. The number of aryl methyl sites for hydroxylation is 2. The van der Waals surface area contributed by atoms with Crippen molar-refractivity contribution in [1.82, 2.24) is 10.3 Å². The van der Waals surface area contributed by atoms with E-state index in [1.54, 1.807) is 41.9 Å².